The van der Waals surface area contributed by atoms with Crippen LogP contribution in [0.3, 0.4) is 0 Å². The molecule has 0 N–H and O–H groups in total. The Bertz CT molecular complexity index is 1250. The minimum Gasteiger partial charge on any atom is -0.497 e. The lowest BCUT2D eigenvalue weighted by atomic mass is 10.1. The van der Waals surface area contributed by atoms with Crippen molar-refractivity contribution < 1.29 is 13.9 Å². The van der Waals surface area contributed by atoms with Gasteiger partial charge in [0.2, 0.25) is 5.89 Å². The minimum atomic E-state index is 0.0144. The van der Waals surface area contributed by atoms with Gasteiger partial charge in [0.1, 0.15) is 5.75 Å². The summed E-state index contributed by atoms with van der Waals surface area (Å²) in [5.41, 5.74) is 4.85. The lowest BCUT2D eigenvalue weighted by Crippen LogP contribution is -2.30. The van der Waals surface area contributed by atoms with E-state index in [4.69, 9.17) is 14.3 Å². The van der Waals surface area contributed by atoms with Crippen molar-refractivity contribution in [2.24, 2.45) is 0 Å². The highest BCUT2D eigenvalue weighted by atomic mass is 16.5. The first kappa shape index (κ1) is 22.3. The summed E-state index contributed by atoms with van der Waals surface area (Å²) in [5.74, 6) is 1.63. The van der Waals surface area contributed by atoms with E-state index in [0.717, 1.165) is 28.3 Å². The van der Waals surface area contributed by atoms with E-state index in [1.165, 1.54) is 0 Å². The Morgan fingerprint density at radius 3 is 2.21 bits per heavy atom. The van der Waals surface area contributed by atoms with Crippen molar-refractivity contribution in [1.29, 1.82) is 0 Å². The molecule has 170 valence electrons. The first-order valence-electron chi connectivity index (χ1n) is 10.9. The van der Waals surface area contributed by atoms with E-state index in [9.17, 15) is 4.79 Å². The van der Waals surface area contributed by atoms with Crippen molar-refractivity contribution >= 4 is 5.91 Å². The van der Waals surface area contributed by atoms with E-state index < -0.39 is 0 Å². The summed E-state index contributed by atoms with van der Waals surface area (Å²) >= 11 is 0. The molecule has 0 unspecified atom stereocenters. The van der Waals surface area contributed by atoms with Gasteiger partial charge in [-0.25, -0.2) is 4.68 Å². The van der Waals surface area contributed by atoms with Crippen molar-refractivity contribution in [2.45, 2.75) is 27.7 Å². The Balaban J connectivity index is 1.82. The molecule has 2 aromatic carbocycles. The number of rotatable bonds is 7. The van der Waals surface area contributed by atoms with Crippen LogP contribution in [0.4, 0.5) is 0 Å². The highest BCUT2D eigenvalue weighted by molar-refractivity contribution is 5.94. The topological polar surface area (TPSA) is 86.3 Å². The molecule has 0 spiro atoms. The van der Waals surface area contributed by atoms with Gasteiger partial charge >= 0.3 is 0 Å². The predicted molar refractivity (Wildman–Crippen MR) is 126 cm³/mol. The van der Waals surface area contributed by atoms with Crippen LogP contribution >= 0.6 is 0 Å². The molecule has 0 aliphatic heterocycles. The number of aromatic nitrogens is 4. The van der Waals surface area contributed by atoms with Crippen LogP contribution < -0.4 is 4.74 Å². The van der Waals surface area contributed by atoms with Crippen LogP contribution in [0.25, 0.3) is 28.5 Å². The molecular weight excluding hydrogens is 418 g/mol. The van der Waals surface area contributed by atoms with E-state index in [2.05, 4.69) is 10.2 Å². The summed E-state index contributed by atoms with van der Waals surface area (Å²) in [6, 6.07) is 15.3. The van der Waals surface area contributed by atoms with Crippen LogP contribution in [0.15, 0.2) is 52.9 Å². The number of benzene rings is 2. The van der Waals surface area contributed by atoms with Gasteiger partial charge in [0.25, 0.3) is 11.8 Å². The molecule has 4 rings (SSSR count). The average molecular weight is 446 g/mol. The molecule has 0 bridgehead atoms. The normalized spacial score (nSPS) is 10.9. The second-order valence-corrected chi connectivity index (χ2v) is 7.61. The Morgan fingerprint density at radius 1 is 1.00 bits per heavy atom. The zero-order valence-electron chi connectivity index (χ0n) is 19.5. The van der Waals surface area contributed by atoms with E-state index in [-0.39, 0.29) is 5.91 Å². The Morgan fingerprint density at radius 2 is 1.67 bits per heavy atom. The second-order valence-electron chi connectivity index (χ2n) is 7.61. The first-order valence-corrected chi connectivity index (χ1v) is 10.9. The van der Waals surface area contributed by atoms with Gasteiger partial charge in [0.05, 0.1) is 18.5 Å². The van der Waals surface area contributed by atoms with Gasteiger partial charge in [-0.15, -0.1) is 10.2 Å². The lowest BCUT2D eigenvalue weighted by molar-refractivity contribution is 0.0773. The van der Waals surface area contributed by atoms with Crippen LogP contribution in [0.5, 0.6) is 5.75 Å². The molecule has 1 amide bonds. The number of nitrogens with zero attached hydrogens (tertiary/aromatic N) is 5. The van der Waals surface area contributed by atoms with E-state index in [1.54, 1.807) is 18.9 Å². The Kier molecular flexibility index (Phi) is 6.26. The second kappa shape index (κ2) is 9.28. The Labute approximate surface area is 192 Å². The van der Waals surface area contributed by atoms with E-state index in [0.29, 0.717) is 36.1 Å². The molecule has 2 aromatic heterocycles. The van der Waals surface area contributed by atoms with Crippen molar-refractivity contribution in [3.63, 3.8) is 0 Å². The summed E-state index contributed by atoms with van der Waals surface area (Å²) in [4.78, 5) is 14.5. The third kappa shape index (κ3) is 4.24. The van der Waals surface area contributed by atoms with Gasteiger partial charge in [-0.2, -0.15) is 5.10 Å². The summed E-state index contributed by atoms with van der Waals surface area (Å²) in [5, 5.41) is 12.9. The molecule has 0 saturated carbocycles. The van der Waals surface area contributed by atoms with Crippen molar-refractivity contribution in [2.75, 3.05) is 20.2 Å². The number of carbonyl (C=O) groups excluding carboxylic acids is 1. The van der Waals surface area contributed by atoms with Crippen molar-refractivity contribution in [3.05, 3.63) is 65.5 Å². The van der Waals surface area contributed by atoms with Gasteiger partial charge < -0.3 is 14.1 Å². The summed E-state index contributed by atoms with van der Waals surface area (Å²) < 4.78 is 12.8. The van der Waals surface area contributed by atoms with Crippen molar-refractivity contribution in [1.82, 2.24) is 24.9 Å². The van der Waals surface area contributed by atoms with Crippen LogP contribution in [0.1, 0.15) is 35.7 Å². The SMILES string of the molecule is CCN(CC)C(=O)c1ccc(-n2nc(-c3nnc(C)o3)c(C)c2-c2ccc(OC)cc2)cc1. The third-order valence-electron chi connectivity index (χ3n) is 5.62. The summed E-state index contributed by atoms with van der Waals surface area (Å²) in [7, 11) is 1.64. The molecule has 8 nitrogen and oxygen atoms in total. The molecule has 33 heavy (non-hydrogen) atoms. The maximum absolute atomic E-state index is 12.7. The maximum atomic E-state index is 12.7. The molecule has 8 heteroatoms. The number of hydrogen-bond acceptors (Lipinski definition) is 6. The molecule has 0 radical (unpaired) electrons. The molecule has 4 aromatic rings. The first-order chi connectivity index (χ1) is 16.0. The largest absolute Gasteiger partial charge is 0.497 e. The van der Waals surface area contributed by atoms with Crippen LogP contribution in [-0.2, 0) is 0 Å². The third-order valence-corrected chi connectivity index (χ3v) is 5.62. The molecule has 0 saturated heterocycles. The number of methoxy groups -OCH3 is 1. The number of amides is 1. The zero-order chi connectivity index (χ0) is 23.5. The van der Waals surface area contributed by atoms with Gasteiger partial charge in [-0.1, -0.05) is 0 Å². The fraction of sp³-hybridized carbons (Fsp3) is 0.280. The molecule has 0 aliphatic carbocycles. The maximum Gasteiger partial charge on any atom is 0.268 e. The standard InChI is InChI=1S/C25H27N5O3/c1-6-29(7-2)25(31)19-8-12-20(13-9-19)30-23(18-10-14-21(32-5)15-11-18)16(3)22(28-30)24-27-26-17(4)33-24/h8-15H,6-7H2,1-5H3. The monoisotopic (exact) mass is 445 g/mol. The van der Waals surface area contributed by atoms with E-state index in [1.807, 2.05) is 74.0 Å². The molecule has 0 fully saturated rings. The van der Waals surface area contributed by atoms with Crippen LogP contribution in [0, 0.1) is 13.8 Å². The lowest BCUT2D eigenvalue weighted by Gasteiger charge is -2.18. The van der Waals surface area contributed by atoms with Gasteiger partial charge in [-0.3, -0.25) is 4.79 Å². The molecule has 0 aliphatic rings. The number of hydrogen-bond donors (Lipinski definition) is 0. The molecule has 0 atom stereocenters. The van der Waals surface area contributed by atoms with Crippen LogP contribution in [-0.4, -0.2) is 51.0 Å². The predicted octanol–water partition coefficient (Wildman–Crippen LogP) is 4.70. The van der Waals surface area contributed by atoms with Crippen molar-refractivity contribution in [3.8, 4) is 34.3 Å². The number of ether oxygens (including phenoxy) is 1. The fourth-order valence-corrected chi connectivity index (χ4v) is 3.80. The molecule has 2 heterocycles. The van der Waals surface area contributed by atoms with Gasteiger partial charge in [0, 0.05) is 36.7 Å². The fourth-order valence-electron chi connectivity index (χ4n) is 3.80. The summed E-state index contributed by atoms with van der Waals surface area (Å²) in [6.45, 7) is 9.03. The minimum absolute atomic E-state index is 0.0144. The summed E-state index contributed by atoms with van der Waals surface area (Å²) in [6.07, 6.45) is 0. The quantitative estimate of drug-likeness (QED) is 0.410. The van der Waals surface area contributed by atoms with Gasteiger partial charge in [0.15, 0.2) is 5.69 Å². The Hall–Kier alpha value is -3.94. The zero-order valence-corrected chi connectivity index (χ0v) is 19.5. The average Bonchev–Trinajstić information content (AvgIpc) is 3.42. The van der Waals surface area contributed by atoms with E-state index >= 15 is 0 Å². The highest BCUT2D eigenvalue weighted by Crippen LogP contribution is 2.34. The highest BCUT2D eigenvalue weighted by Gasteiger charge is 2.22. The van der Waals surface area contributed by atoms with Crippen LogP contribution in [0.2, 0.25) is 0 Å². The smallest absolute Gasteiger partial charge is 0.268 e. The molecular formula is C25H27N5O3. The van der Waals surface area contributed by atoms with Gasteiger partial charge in [-0.05, 0) is 69.3 Å². The number of carbonyl (C=O) groups is 1. The number of aryl methyl sites for hydroxylation is 1.